The van der Waals surface area contributed by atoms with Crippen LogP contribution in [0.4, 0.5) is 10.8 Å². The molecule has 3 heterocycles. The molecule has 0 unspecified atom stereocenters. The number of nitrogens with one attached hydrogen (secondary N) is 2. The second-order valence-electron chi connectivity index (χ2n) is 9.35. The molecule has 0 bridgehead atoms. The highest BCUT2D eigenvalue weighted by atomic mass is 32.1. The lowest BCUT2D eigenvalue weighted by molar-refractivity contribution is 0.0909. The van der Waals surface area contributed by atoms with Crippen LogP contribution in [0.25, 0.3) is 15.9 Å². The second-order valence-corrected chi connectivity index (χ2v) is 10.4. The fourth-order valence-electron chi connectivity index (χ4n) is 4.72. The molecule has 1 aliphatic heterocycles. The van der Waals surface area contributed by atoms with Crippen molar-refractivity contribution in [2.45, 2.75) is 25.4 Å². The molecule has 0 spiro atoms. The normalized spacial score (nSPS) is 14.6. The fourth-order valence-corrected chi connectivity index (χ4v) is 5.64. The Bertz CT molecular complexity index is 1470. The van der Waals surface area contributed by atoms with Crippen LogP contribution in [0.2, 0.25) is 0 Å². The van der Waals surface area contributed by atoms with E-state index in [2.05, 4.69) is 50.8 Å². The topological polar surface area (TPSA) is 75.1 Å². The second kappa shape index (κ2) is 10.5. The van der Waals surface area contributed by atoms with Gasteiger partial charge in [-0.2, -0.15) is 0 Å². The van der Waals surface area contributed by atoms with Crippen molar-refractivity contribution in [3.63, 3.8) is 0 Å². The number of carbonyl (C=O) groups excluding carboxylic acids is 1. The number of amides is 1. The van der Waals surface area contributed by atoms with E-state index in [1.165, 1.54) is 5.56 Å². The Morgan fingerprint density at radius 1 is 1.00 bits per heavy atom. The van der Waals surface area contributed by atoms with Crippen LogP contribution in [0.3, 0.4) is 0 Å². The predicted octanol–water partition coefficient (Wildman–Crippen LogP) is 5.62. The largest absolute Gasteiger partial charge is 0.349 e. The lowest BCUT2D eigenvalue weighted by atomic mass is 10.0. The van der Waals surface area contributed by atoms with Crippen molar-refractivity contribution in [2.75, 3.05) is 18.4 Å². The number of thiazole rings is 1. The SMILES string of the molecule is O=C(NC1CCN(Cc2ccccc2)CC1)c1ccc2nc(Nc3ccc(-n4ccnc4)cc3)sc2c1. The van der Waals surface area contributed by atoms with E-state index in [0.717, 1.165) is 59.2 Å². The maximum Gasteiger partial charge on any atom is 0.251 e. The zero-order valence-corrected chi connectivity index (χ0v) is 21.2. The van der Waals surface area contributed by atoms with Gasteiger partial charge in [-0.05, 0) is 60.9 Å². The molecule has 1 fully saturated rings. The molecule has 0 atom stereocenters. The Hall–Kier alpha value is -4.01. The van der Waals surface area contributed by atoms with Crippen LogP contribution in [-0.4, -0.2) is 44.5 Å². The minimum Gasteiger partial charge on any atom is -0.349 e. The number of fused-ring (bicyclic) bond motifs is 1. The molecule has 2 aromatic heterocycles. The zero-order chi connectivity index (χ0) is 25.0. The number of likely N-dealkylation sites (tertiary alicyclic amines) is 1. The number of anilines is 2. The molecular weight excluding hydrogens is 480 g/mol. The zero-order valence-electron chi connectivity index (χ0n) is 20.4. The standard InChI is InChI=1S/C29H28N6OS/c36-28(31-24-12-15-34(16-13-24)19-21-4-2-1-3-5-21)22-6-11-26-27(18-22)37-29(33-26)32-23-7-9-25(10-8-23)35-17-14-30-20-35/h1-11,14,17-18,20,24H,12-13,15-16,19H2,(H,31,36)(H,32,33). The van der Waals surface area contributed by atoms with E-state index in [-0.39, 0.29) is 11.9 Å². The smallest absolute Gasteiger partial charge is 0.251 e. The molecule has 0 saturated carbocycles. The molecule has 3 aromatic carbocycles. The van der Waals surface area contributed by atoms with Crippen molar-refractivity contribution < 1.29 is 4.79 Å². The van der Waals surface area contributed by atoms with Gasteiger partial charge in [0.05, 0.1) is 16.5 Å². The first kappa shape index (κ1) is 23.4. The van der Waals surface area contributed by atoms with Gasteiger partial charge in [-0.3, -0.25) is 9.69 Å². The summed E-state index contributed by atoms with van der Waals surface area (Å²) in [6.45, 7) is 2.95. The third kappa shape index (κ3) is 5.55. The summed E-state index contributed by atoms with van der Waals surface area (Å²) in [7, 11) is 0. The van der Waals surface area contributed by atoms with Gasteiger partial charge in [-0.1, -0.05) is 41.7 Å². The summed E-state index contributed by atoms with van der Waals surface area (Å²) in [6, 6.07) is 24.6. The molecular formula is C29H28N6OS. The summed E-state index contributed by atoms with van der Waals surface area (Å²) in [4.78, 5) is 24.2. The first-order valence-electron chi connectivity index (χ1n) is 12.5. The van der Waals surface area contributed by atoms with Gasteiger partial charge < -0.3 is 15.2 Å². The van der Waals surface area contributed by atoms with Gasteiger partial charge in [0.2, 0.25) is 0 Å². The average Bonchev–Trinajstić information content (AvgIpc) is 3.60. The van der Waals surface area contributed by atoms with Crippen molar-refractivity contribution in [1.82, 2.24) is 24.8 Å². The number of nitrogens with zero attached hydrogens (tertiary/aromatic N) is 4. The maximum atomic E-state index is 13.0. The van der Waals surface area contributed by atoms with Crippen molar-refractivity contribution in [3.8, 4) is 5.69 Å². The molecule has 37 heavy (non-hydrogen) atoms. The Balaban J connectivity index is 1.05. The van der Waals surface area contributed by atoms with Gasteiger partial charge in [0, 0.05) is 55.0 Å². The molecule has 1 amide bonds. The minimum atomic E-state index is -0.0126. The van der Waals surface area contributed by atoms with Gasteiger partial charge in [0.1, 0.15) is 0 Å². The van der Waals surface area contributed by atoms with Gasteiger partial charge in [-0.15, -0.1) is 0 Å². The summed E-state index contributed by atoms with van der Waals surface area (Å²) < 4.78 is 2.95. The molecule has 1 aliphatic rings. The summed E-state index contributed by atoms with van der Waals surface area (Å²) >= 11 is 1.55. The van der Waals surface area contributed by atoms with E-state index in [4.69, 9.17) is 4.98 Å². The summed E-state index contributed by atoms with van der Waals surface area (Å²) in [5.74, 6) is -0.0126. The molecule has 1 saturated heterocycles. The molecule has 186 valence electrons. The van der Waals surface area contributed by atoms with Gasteiger partial charge in [0.15, 0.2) is 5.13 Å². The number of hydrogen-bond acceptors (Lipinski definition) is 6. The number of benzene rings is 3. The third-order valence-electron chi connectivity index (χ3n) is 6.74. The molecule has 7 nitrogen and oxygen atoms in total. The Morgan fingerprint density at radius 2 is 1.81 bits per heavy atom. The predicted molar refractivity (Wildman–Crippen MR) is 149 cm³/mol. The number of imidazole rings is 1. The van der Waals surface area contributed by atoms with Crippen LogP contribution in [-0.2, 0) is 6.54 Å². The Kier molecular flexibility index (Phi) is 6.66. The first-order valence-corrected chi connectivity index (χ1v) is 13.3. The lowest BCUT2D eigenvalue weighted by Gasteiger charge is -2.32. The first-order chi connectivity index (χ1) is 18.2. The van der Waals surface area contributed by atoms with Crippen LogP contribution in [0, 0.1) is 0 Å². The minimum absolute atomic E-state index is 0.0126. The van der Waals surface area contributed by atoms with Crippen molar-refractivity contribution in [2.24, 2.45) is 0 Å². The van der Waals surface area contributed by atoms with Gasteiger partial charge >= 0.3 is 0 Å². The highest BCUT2D eigenvalue weighted by Crippen LogP contribution is 2.29. The molecule has 2 N–H and O–H groups in total. The van der Waals surface area contributed by atoms with E-state index >= 15 is 0 Å². The molecule has 0 aliphatic carbocycles. The van der Waals surface area contributed by atoms with Crippen LogP contribution < -0.4 is 10.6 Å². The van der Waals surface area contributed by atoms with E-state index < -0.39 is 0 Å². The molecule has 0 radical (unpaired) electrons. The van der Waals surface area contributed by atoms with E-state index in [1.807, 2.05) is 53.2 Å². The van der Waals surface area contributed by atoms with E-state index in [0.29, 0.717) is 5.56 Å². The molecule has 6 rings (SSSR count). The van der Waals surface area contributed by atoms with E-state index in [1.54, 1.807) is 23.9 Å². The number of aromatic nitrogens is 3. The summed E-state index contributed by atoms with van der Waals surface area (Å²) in [5.41, 5.74) is 4.90. The summed E-state index contributed by atoms with van der Waals surface area (Å²) in [6.07, 6.45) is 7.39. The van der Waals surface area contributed by atoms with Gasteiger partial charge in [-0.25, -0.2) is 9.97 Å². The molecule has 5 aromatic rings. The number of hydrogen-bond donors (Lipinski definition) is 2. The molecule has 8 heteroatoms. The highest BCUT2D eigenvalue weighted by molar-refractivity contribution is 7.22. The van der Waals surface area contributed by atoms with Crippen LogP contribution >= 0.6 is 11.3 Å². The van der Waals surface area contributed by atoms with Crippen molar-refractivity contribution in [3.05, 3.63) is 103 Å². The van der Waals surface area contributed by atoms with Gasteiger partial charge in [0.25, 0.3) is 5.91 Å². The number of rotatable bonds is 7. The van der Waals surface area contributed by atoms with E-state index in [9.17, 15) is 4.79 Å². The Labute approximate surface area is 219 Å². The average molecular weight is 509 g/mol. The lowest BCUT2D eigenvalue weighted by Crippen LogP contribution is -2.44. The number of carbonyl (C=O) groups is 1. The van der Waals surface area contributed by atoms with Crippen molar-refractivity contribution >= 4 is 38.3 Å². The highest BCUT2D eigenvalue weighted by Gasteiger charge is 2.21. The van der Waals surface area contributed by atoms with Crippen LogP contribution in [0.5, 0.6) is 0 Å². The fraction of sp³-hybridized carbons (Fsp3) is 0.207. The third-order valence-corrected chi connectivity index (χ3v) is 7.68. The quantitative estimate of drug-likeness (QED) is 0.298. The number of piperidine rings is 1. The maximum absolute atomic E-state index is 13.0. The monoisotopic (exact) mass is 508 g/mol. The van der Waals surface area contributed by atoms with Crippen LogP contribution in [0.1, 0.15) is 28.8 Å². The van der Waals surface area contributed by atoms with Crippen LogP contribution in [0.15, 0.2) is 91.5 Å². The summed E-state index contributed by atoms with van der Waals surface area (Å²) in [5, 5.41) is 7.42. The Morgan fingerprint density at radius 3 is 2.57 bits per heavy atom. The van der Waals surface area contributed by atoms with Crippen molar-refractivity contribution in [1.29, 1.82) is 0 Å².